The van der Waals surface area contributed by atoms with Crippen molar-refractivity contribution >= 4 is 38.8 Å². The number of carbonyl (C=O) groups is 2. The van der Waals surface area contributed by atoms with Crippen LogP contribution in [0.4, 0.5) is 0 Å². The van der Waals surface area contributed by atoms with E-state index in [1.165, 1.54) is 14.0 Å². The van der Waals surface area contributed by atoms with E-state index < -0.39 is 21.5 Å². The molecule has 0 fully saturated rings. The lowest BCUT2D eigenvalue weighted by Crippen LogP contribution is -2.31. The van der Waals surface area contributed by atoms with Crippen LogP contribution in [-0.4, -0.2) is 49.9 Å². The fourth-order valence-corrected chi connectivity index (χ4v) is 3.83. The van der Waals surface area contributed by atoms with Crippen LogP contribution >= 0.6 is 11.6 Å². The molecule has 0 aliphatic carbocycles. The van der Waals surface area contributed by atoms with E-state index in [4.69, 9.17) is 11.6 Å². The van der Waals surface area contributed by atoms with Gasteiger partial charge in [0.15, 0.2) is 9.84 Å². The van der Waals surface area contributed by atoms with Gasteiger partial charge in [-0.15, -0.1) is 0 Å². The summed E-state index contributed by atoms with van der Waals surface area (Å²) < 4.78 is 22.7. The fraction of sp³-hybridized carbons (Fsp3) is 0.286. The van der Waals surface area contributed by atoms with Crippen LogP contribution in [0.1, 0.15) is 29.8 Å². The number of hydrazone groups is 1. The van der Waals surface area contributed by atoms with Crippen molar-refractivity contribution in [3.63, 3.8) is 0 Å². The molecule has 8 heteroatoms. The van der Waals surface area contributed by atoms with E-state index in [-0.39, 0.29) is 11.5 Å². The minimum absolute atomic E-state index is 0.224. The number of sulfone groups is 1. The second kappa shape index (κ2) is 9.33. The van der Waals surface area contributed by atoms with Gasteiger partial charge in [0.1, 0.15) is 0 Å². The number of amides is 1. The Morgan fingerprint density at radius 2 is 1.66 bits per heavy atom. The van der Waals surface area contributed by atoms with Gasteiger partial charge < -0.3 is 0 Å². The van der Waals surface area contributed by atoms with Crippen molar-refractivity contribution in [1.82, 2.24) is 5.01 Å². The molecule has 6 nitrogen and oxygen atoms in total. The molecule has 1 amide bonds. The second-order valence-electron chi connectivity index (χ2n) is 6.80. The zero-order valence-electron chi connectivity index (χ0n) is 16.8. The van der Waals surface area contributed by atoms with Crippen LogP contribution < -0.4 is 0 Å². The third-order valence-electron chi connectivity index (χ3n) is 4.19. The first-order valence-electron chi connectivity index (χ1n) is 8.95. The number of ketones is 1. The highest BCUT2D eigenvalue weighted by Crippen LogP contribution is 2.25. The zero-order valence-corrected chi connectivity index (χ0v) is 18.3. The summed E-state index contributed by atoms with van der Waals surface area (Å²) in [4.78, 5) is 25.5. The average molecular weight is 435 g/mol. The molecule has 0 radical (unpaired) electrons. The largest absolute Gasteiger partial charge is 0.314 e. The third kappa shape index (κ3) is 6.24. The lowest BCUT2D eigenvalue weighted by molar-refractivity contribution is -0.125. The lowest BCUT2D eigenvalue weighted by atomic mass is 9.95. The number of hydrogen-bond acceptors (Lipinski definition) is 5. The molecule has 0 saturated heterocycles. The van der Waals surface area contributed by atoms with Crippen molar-refractivity contribution in [2.75, 3.05) is 19.1 Å². The first-order valence-corrected chi connectivity index (χ1v) is 11.4. The highest BCUT2D eigenvalue weighted by molar-refractivity contribution is 7.91. The molecule has 2 rings (SSSR count). The highest BCUT2D eigenvalue weighted by Gasteiger charge is 2.23. The number of aryl methyl sites for hydroxylation is 1. The maximum Gasteiger partial charge on any atom is 0.314 e. The van der Waals surface area contributed by atoms with E-state index in [1.807, 2.05) is 31.2 Å². The first-order chi connectivity index (χ1) is 13.5. The van der Waals surface area contributed by atoms with Gasteiger partial charge in [-0.3, -0.25) is 9.59 Å². The molecule has 0 spiro atoms. The van der Waals surface area contributed by atoms with Gasteiger partial charge >= 0.3 is 5.91 Å². The molecule has 2 aromatic rings. The van der Waals surface area contributed by atoms with Crippen molar-refractivity contribution in [2.45, 2.75) is 20.3 Å². The highest BCUT2D eigenvalue weighted by atomic mass is 35.5. The van der Waals surface area contributed by atoms with Gasteiger partial charge in [0.2, 0.25) is 0 Å². The summed E-state index contributed by atoms with van der Waals surface area (Å²) in [6.45, 7) is 3.39. The summed E-state index contributed by atoms with van der Waals surface area (Å²) in [7, 11) is -1.95. The van der Waals surface area contributed by atoms with Crippen molar-refractivity contribution in [2.24, 2.45) is 5.10 Å². The third-order valence-corrected chi connectivity index (χ3v) is 5.39. The number of halogens is 1. The molecule has 0 aliphatic rings. The number of carbonyl (C=O) groups excluding carboxylic acids is 2. The molecule has 0 heterocycles. The maximum absolute atomic E-state index is 12.9. The molecule has 29 heavy (non-hydrogen) atoms. The minimum atomic E-state index is -3.28. The minimum Gasteiger partial charge on any atom is -0.283 e. The predicted octanol–water partition coefficient (Wildman–Crippen LogP) is 3.63. The number of nitrogens with zero attached hydrogens (tertiary/aromatic N) is 2. The number of rotatable bonds is 7. The van der Waals surface area contributed by atoms with Gasteiger partial charge in [-0.05, 0) is 48.2 Å². The molecule has 0 unspecified atom stereocenters. The Bertz CT molecular complexity index is 1060. The first kappa shape index (κ1) is 22.8. The summed E-state index contributed by atoms with van der Waals surface area (Å²) >= 11 is 5.93. The molecule has 2 aromatic carbocycles. The normalized spacial score (nSPS) is 12.0. The lowest BCUT2D eigenvalue weighted by Gasteiger charge is -2.14. The Kier molecular flexibility index (Phi) is 7.32. The molecule has 0 saturated carbocycles. The van der Waals surface area contributed by atoms with E-state index in [0.29, 0.717) is 17.0 Å². The van der Waals surface area contributed by atoms with Crippen molar-refractivity contribution in [1.29, 1.82) is 0 Å². The van der Waals surface area contributed by atoms with Crippen molar-refractivity contribution in [3.8, 4) is 11.1 Å². The predicted molar refractivity (Wildman–Crippen MR) is 116 cm³/mol. The molecule has 0 bridgehead atoms. The number of likely N-dealkylation sites (N-methyl/N-ethyl adjacent to an activating group) is 1. The van der Waals surface area contributed by atoms with Crippen molar-refractivity contribution in [3.05, 3.63) is 58.6 Å². The maximum atomic E-state index is 12.9. The van der Waals surface area contributed by atoms with Crippen LogP contribution in [-0.2, 0) is 21.1 Å². The van der Waals surface area contributed by atoms with Gasteiger partial charge in [-0.2, -0.15) is 5.10 Å². The van der Waals surface area contributed by atoms with Crippen LogP contribution in [0.25, 0.3) is 11.1 Å². The number of benzene rings is 2. The Labute approximate surface area is 176 Å². The Morgan fingerprint density at radius 1 is 1.07 bits per heavy atom. The fourth-order valence-electron chi connectivity index (χ4n) is 2.89. The summed E-state index contributed by atoms with van der Waals surface area (Å²) in [6, 6.07) is 12.6. The second-order valence-corrected chi connectivity index (χ2v) is 9.37. The molecule has 0 aromatic heterocycles. The van der Waals surface area contributed by atoms with E-state index in [9.17, 15) is 18.0 Å². The van der Waals surface area contributed by atoms with E-state index in [0.717, 1.165) is 28.0 Å². The summed E-state index contributed by atoms with van der Waals surface area (Å²) in [5.74, 6) is -1.82. The number of hydrogen-bond donors (Lipinski definition) is 0. The Hall–Kier alpha value is -2.51. The van der Waals surface area contributed by atoms with Crippen LogP contribution in [0, 0.1) is 0 Å². The summed E-state index contributed by atoms with van der Waals surface area (Å²) in [5, 5.41) is 5.43. The van der Waals surface area contributed by atoms with E-state index in [2.05, 4.69) is 5.10 Å². The monoisotopic (exact) mass is 434 g/mol. The van der Waals surface area contributed by atoms with E-state index >= 15 is 0 Å². The number of Topliss-reactive ketones (excluding diaryl/α,β-unsaturated/α-hetero) is 1. The smallest absolute Gasteiger partial charge is 0.283 e. The molecule has 0 aliphatic heterocycles. The Morgan fingerprint density at radius 3 is 2.21 bits per heavy atom. The SMILES string of the molecule is CCc1ccc(-c2ccc(Cl)cc2)cc1C(=O)C(=O)N(C)N=C(C)CS(C)(=O)=O. The van der Waals surface area contributed by atoms with Gasteiger partial charge in [0.05, 0.1) is 11.5 Å². The van der Waals surface area contributed by atoms with Gasteiger partial charge in [-0.1, -0.05) is 42.8 Å². The summed E-state index contributed by atoms with van der Waals surface area (Å²) in [6.07, 6.45) is 1.66. The van der Waals surface area contributed by atoms with Gasteiger partial charge in [0, 0.05) is 23.9 Å². The van der Waals surface area contributed by atoms with E-state index in [1.54, 1.807) is 18.2 Å². The van der Waals surface area contributed by atoms with Gasteiger partial charge in [0.25, 0.3) is 5.78 Å². The standard InChI is InChI=1S/C21H23ClN2O4S/c1-5-15-6-7-17(16-8-10-18(22)11-9-16)12-19(15)20(25)21(26)24(3)23-14(2)13-29(4,27)28/h6-12H,5,13H2,1-4H3. The van der Waals surface area contributed by atoms with Crippen LogP contribution in [0.2, 0.25) is 5.02 Å². The van der Waals surface area contributed by atoms with Crippen LogP contribution in [0.5, 0.6) is 0 Å². The van der Waals surface area contributed by atoms with Gasteiger partial charge in [-0.25, -0.2) is 13.4 Å². The molecule has 0 N–H and O–H groups in total. The van der Waals surface area contributed by atoms with Crippen molar-refractivity contribution < 1.29 is 18.0 Å². The molecule has 154 valence electrons. The molecular formula is C21H23ClN2O4S. The van der Waals surface area contributed by atoms with Crippen LogP contribution in [0.15, 0.2) is 47.6 Å². The topological polar surface area (TPSA) is 83.9 Å². The summed E-state index contributed by atoms with van der Waals surface area (Å²) in [5.41, 5.74) is 2.92. The molecular weight excluding hydrogens is 412 g/mol. The zero-order chi connectivity index (χ0) is 21.8. The average Bonchev–Trinajstić information content (AvgIpc) is 2.65. The quantitative estimate of drug-likeness (QED) is 0.288. The Balaban J connectivity index is 2.35. The molecule has 0 atom stereocenters. The van der Waals surface area contributed by atoms with Crippen LogP contribution in [0.3, 0.4) is 0 Å².